The molecule has 10 heteroatoms. The summed E-state index contributed by atoms with van der Waals surface area (Å²) in [6.45, 7) is 3.26. The average Bonchev–Trinajstić information content (AvgIpc) is 2.72. The normalized spacial score (nSPS) is 11.9. The maximum Gasteiger partial charge on any atom is 0.276 e. The lowest BCUT2D eigenvalue weighted by Gasteiger charge is -2.15. The van der Waals surface area contributed by atoms with Crippen LogP contribution in [0, 0.1) is 0 Å². The first-order chi connectivity index (χ1) is 13.8. The van der Waals surface area contributed by atoms with Crippen molar-refractivity contribution in [2.24, 2.45) is 0 Å². The van der Waals surface area contributed by atoms with Crippen LogP contribution >= 0.6 is 0 Å². The van der Waals surface area contributed by atoms with E-state index in [2.05, 4.69) is 15.6 Å². The summed E-state index contributed by atoms with van der Waals surface area (Å²) in [4.78, 5) is 24.0. The van der Waals surface area contributed by atoms with Gasteiger partial charge in [-0.2, -0.15) is 4.72 Å². The molecule has 0 aliphatic heterocycles. The first kappa shape index (κ1) is 22.2. The quantitative estimate of drug-likeness (QED) is 0.519. The summed E-state index contributed by atoms with van der Waals surface area (Å²) in [5.41, 5.74) is 4.33. The number of nitrogens with one attached hydrogen (secondary N) is 3. The third-order valence-corrected chi connectivity index (χ3v) is 5.17. The number of hydrazine groups is 1. The Bertz CT molecular complexity index is 934. The molecule has 0 aromatic heterocycles. The highest BCUT2D eigenvalue weighted by Crippen LogP contribution is 2.26. The summed E-state index contributed by atoms with van der Waals surface area (Å²) in [6.07, 6.45) is 0. The number of para-hydroxylation sites is 2. The number of hydrogen-bond donors (Lipinski definition) is 3. The standard InChI is InChI=1S/C19H23N3O6S/c1-3-27-16-11-7-8-12-17(16)28-13-18(23)20-21-19(24)14(2)22-29(25,26)15-9-5-4-6-10-15/h4-12,14,22H,3,13H2,1-2H3,(H,20,23)(H,21,24). The average molecular weight is 421 g/mol. The van der Waals surface area contributed by atoms with Crippen molar-refractivity contribution in [3.8, 4) is 11.5 Å². The summed E-state index contributed by atoms with van der Waals surface area (Å²) in [5.74, 6) is -0.467. The van der Waals surface area contributed by atoms with Crippen LogP contribution in [-0.4, -0.2) is 39.5 Å². The zero-order valence-electron chi connectivity index (χ0n) is 16.0. The van der Waals surface area contributed by atoms with E-state index in [4.69, 9.17) is 9.47 Å². The molecular formula is C19H23N3O6S. The van der Waals surface area contributed by atoms with E-state index >= 15 is 0 Å². The molecule has 1 unspecified atom stereocenters. The number of amides is 2. The Kier molecular flexibility index (Phi) is 7.98. The molecule has 2 rings (SSSR count). The predicted octanol–water partition coefficient (Wildman–Crippen LogP) is 0.978. The number of carbonyl (C=O) groups excluding carboxylic acids is 2. The number of sulfonamides is 1. The lowest BCUT2D eigenvalue weighted by molar-refractivity contribution is -0.130. The first-order valence-electron chi connectivity index (χ1n) is 8.84. The largest absolute Gasteiger partial charge is 0.490 e. The van der Waals surface area contributed by atoms with Gasteiger partial charge in [0.1, 0.15) is 0 Å². The SMILES string of the molecule is CCOc1ccccc1OCC(=O)NNC(=O)C(C)NS(=O)(=O)c1ccccc1. The molecule has 2 aromatic rings. The van der Waals surface area contributed by atoms with E-state index in [1.807, 2.05) is 6.92 Å². The lowest BCUT2D eigenvalue weighted by Crippen LogP contribution is -2.51. The fourth-order valence-electron chi connectivity index (χ4n) is 2.22. The minimum atomic E-state index is -3.86. The van der Waals surface area contributed by atoms with Crippen molar-refractivity contribution in [2.75, 3.05) is 13.2 Å². The molecule has 2 amide bonds. The topological polar surface area (TPSA) is 123 Å². The van der Waals surface area contributed by atoms with Crippen LogP contribution in [0.25, 0.3) is 0 Å². The molecule has 0 aliphatic rings. The Balaban J connectivity index is 1.82. The van der Waals surface area contributed by atoms with E-state index in [0.29, 0.717) is 18.1 Å². The predicted molar refractivity (Wildman–Crippen MR) is 106 cm³/mol. The van der Waals surface area contributed by atoms with E-state index < -0.39 is 27.9 Å². The minimum Gasteiger partial charge on any atom is -0.490 e. The summed E-state index contributed by atoms with van der Waals surface area (Å²) >= 11 is 0. The van der Waals surface area contributed by atoms with Gasteiger partial charge in [-0.25, -0.2) is 8.42 Å². The van der Waals surface area contributed by atoms with Crippen molar-refractivity contribution >= 4 is 21.8 Å². The first-order valence-corrected chi connectivity index (χ1v) is 10.3. The van der Waals surface area contributed by atoms with Gasteiger partial charge >= 0.3 is 0 Å². The Morgan fingerprint density at radius 2 is 1.52 bits per heavy atom. The van der Waals surface area contributed by atoms with Gasteiger partial charge in [-0.3, -0.25) is 20.4 Å². The van der Waals surface area contributed by atoms with Crippen LogP contribution in [0.2, 0.25) is 0 Å². The van der Waals surface area contributed by atoms with Crippen LogP contribution in [0.5, 0.6) is 11.5 Å². The van der Waals surface area contributed by atoms with Crippen LogP contribution in [-0.2, 0) is 19.6 Å². The molecule has 0 bridgehead atoms. The number of hydrogen-bond acceptors (Lipinski definition) is 6. The smallest absolute Gasteiger partial charge is 0.276 e. The maximum absolute atomic E-state index is 12.2. The molecule has 1 atom stereocenters. The molecule has 29 heavy (non-hydrogen) atoms. The van der Waals surface area contributed by atoms with Crippen LogP contribution in [0.4, 0.5) is 0 Å². The molecule has 0 radical (unpaired) electrons. The molecule has 0 aliphatic carbocycles. The van der Waals surface area contributed by atoms with Gasteiger partial charge in [-0.15, -0.1) is 0 Å². The highest BCUT2D eigenvalue weighted by molar-refractivity contribution is 7.89. The van der Waals surface area contributed by atoms with E-state index in [9.17, 15) is 18.0 Å². The van der Waals surface area contributed by atoms with Gasteiger partial charge in [-0.1, -0.05) is 30.3 Å². The van der Waals surface area contributed by atoms with Gasteiger partial charge in [0, 0.05) is 0 Å². The molecule has 0 heterocycles. The molecule has 156 valence electrons. The maximum atomic E-state index is 12.2. The molecule has 2 aromatic carbocycles. The number of carbonyl (C=O) groups is 2. The Morgan fingerprint density at radius 3 is 2.14 bits per heavy atom. The minimum absolute atomic E-state index is 0.0325. The van der Waals surface area contributed by atoms with Crippen molar-refractivity contribution in [1.82, 2.24) is 15.6 Å². The molecule has 0 fully saturated rings. The summed E-state index contributed by atoms with van der Waals surface area (Å²) in [6, 6.07) is 13.4. The van der Waals surface area contributed by atoms with E-state index in [0.717, 1.165) is 0 Å². The van der Waals surface area contributed by atoms with Crippen molar-refractivity contribution in [3.05, 3.63) is 54.6 Å². The molecule has 9 nitrogen and oxygen atoms in total. The number of benzene rings is 2. The van der Waals surface area contributed by atoms with Crippen molar-refractivity contribution in [2.45, 2.75) is 24.8 Å². The Hall–Kier alpha value is -3.11. The van der Waals surface area contributed by atoms with E-state index in [-0.39, 0.29) is 11.5 Å². The highest BCUT2D eigenvalue weighted by atomic mass is 32.2. The molecular weight excluding hydrogens is 398 g/mol. The molecule has 3 N–H and O–H groups in total. The number of ether oxygens (including phenoxy) is 2. The molecule has 0 saturated heterocycles. The molecule has 0 spiro atoms. The van der Waals surface area contributed by atoms with Crippen LogP contribution in [0.15, 0.2) is 59.5 Å². The van der Waals surface area contributed by atoms with E-state index in [1.165, 1.54) is 19.1 Å². The van der Waals surface area contributed by atoms with Gasteiger partial charge in [0.05, 0.1) is 17.5 Å². The number of rotatable bonds is 9. The summed E-state index contributed by atoms with van der Waals surface area (Å²) in [5, 5.41) is 0. The Morgan fingerprint density at radius 1 is 0.931 bits per heavy atom. The van der Waals surface area contributed by atoms with Crippen molar-refractivity contribution < 1.29 is 27.5 Å². The fraction of sp³-hybridized carbons (Fsp3) is 0.263. The van der Waals surface area contributed by atoms with Gasteiger partial charge in [0.25, 0.3) is 11.8 Å². The fourth-order valence-corrected chi connectivity index (χ4v) is 3.44. The third kappa shape index (κ3) is 6.77. The lowest BCUT2D eigenvalue weighted by atomic mass is 10.3. The second-order valence-electron chi connectivity index (χ2n) is 5.86. The summed E-state index contributed by atoms with van der Waals surface area (Å²) < 4.78 is 37.4. The molecule has 0 saturated carbocycles. The van der Waals surface area contributed by atoms with Crippen molar-refractivity contribution in [3.63, 3.8) is 0 Å². The van der Waals surface area contributed by atoms with Crippen LogP contribution in [0.1, 0.15) is 13.8 Å². The second-order valence-corrected chi connectivity index (χ2v) is 7.58. The van der Waals surface area contributed by atoms with Gasteiger partial charge in [0.2, 0.25) is 10.0 Å². The van der Waals surface area contributed by atoms with Gasteiger partial charge in [-0.05, 0) is 38.1 Å². The monoisotopic (exact) mass is 421 g/mol. The summed E-state index contributed by atoms with van der Waals surface area (Å²) in [7, 11) is -3.86. The zero-order chi connectivity index (χ0) is 21.3. The third-order valence-electron chi connectivity index (χ3n) is 3.61. The van der Waals surface area contributed by atoms with Gasteiger partial charge < -0.3 is 9.47 Å². The Labute approximate surface area is 169 Å². The second kappa shape index (κ2) is 10.4. The zero-order valence-corrected chi connectivity index (χ0v) is 16.9. The highest BCUT2D eigenvalue weighted by Gasteiger charge is 2.22. The van der Waals surface area contributed by atoms with Crippen molar-refractivity contribution in [1.29, 1.82) is 0 Å². The van der Waals surface area contributed by atoms with Gasteiger partial charge in [0.15, 0.2) is 18.1 Å². The van der Waals surface area contributed by atoms with Crippen LogP contribution in [0.3, 0.4) is 0 Å². The van der Waals surface area contributed by atoms with E-state index in [1.54, 1.807) is 42.5 Å². The van der Waals surface area contributed by atoms with Crippen LogP contribution < -0.4 is 25.0 Å².